The van der Waals surface area contributed by atoms with Crippen molar-refractivity contribution in [1.29, 1.82) is 0 Å². The second-order valence-corrected chi connectivity index (χ2v) is 10.2. The summed E-state index contributed by atoms with van der Waals surface area (Å²) >= 11 is 0.593. The van der Waals surface area contributed by atoms with Crippen LogP contribution < -0.4 is 9.47 Å². The zero-order chi connectivity index (χ0) is 23.3. The van der Waals surface area contributed by atoms with E-state index >= 15 is 0 Å². The van der Waals surface area contributed by atoms with Gasteiger partial charge in [-0.05, 0) is 36.0 Å². The van der Waals surface area contributed by atoms with E-state index in [1.54, 1.807) is 45.0 Å². The quantitative estimate of drug-likeness (QED) is 0.255. The van der Waals surface area contributed by atoms with Gasteiger partial charge in [-0.2, -0.15) is 0 Å². The fourth-order valence-electron chi connectivity index (χ4n) is 2.49. The first-order valence-corrected chi connectivity index (χ1v) is 11.5. The Morgan fingerprint density at radius 2 is 1.87 bits per heavy atom. The Morgan fingerprint density at radius 3 is 2.32 bits per heavy atom. The first-order chi connectivity index (χ1) is 14.5. The van der Waals surface area contributed by atoms with E-state index in [4.69, 9.17) is 9.47 Å². The van der Waals surface area contributed by atoms with E-state index in [1.165, 1.54) is 13.2 Å². The molecule has 1 aromatic rings. The van der Waals surface area contributed by atoms with Crippen LogP contribution in [0.25, 0.3) is 0 Å². The Bertz CT molecular complexity index is 932. The number of ether oxygens (including phenoxy) is 2. The molecule has 1 aliphatic heterocycles. The summed E-state index contributed by atoms with van der Waals surface area (Å²) in [7, 11) is -0.0392. The van der Waals surface area contributed by atoms with Gasteiger partial charge in [0.15, 0.2) is 10.8 Å². The van der Waals surface area contributed by atoms with Crippen molar-refractivity contribution in [3.8, 4) is 11.5 Å². The third-order valence-electron chi connectivity index (χ3n) is 4.20. The minimum atomic E-state index is -1.54. The minimum Gasteiger partial charge on any atom is -0.497 e. The summed E-state index contributed by atoms with van der Waals surface area (Å²) in [5.74, 6) is -1.07. The van der Waals surface area contributed by atoms with E-state index in [9.17, 15) is 23.7 Å². The second kappa shape index (κ2) is 10.1. The number of hydrogen-bond donors (Lipinski definition) is 1. The Hall–Kier alpha value is -2.59. The van der Waals surface area contributed by atoms with Gasteiger partial charge >= 0.3 is 5.97 Å². The van der Waals surface area contributed by atoms with Gasteiger partial charge in [0, 0.05) is 22.0 Å². The molecule has 1 fully saturated rings. The number of β-lactam (4-membered cyclic amide) rings is 1. The molecule has 2 rings (SSSR count). The number of carboxylic acids is 1. The fraction of sp³-hybridized carbons (Fsp3) is 0.381. The summed E-state index contributed by atoms with van der Waals surface area (Å²) < 4.78 is 23.3. The van der Waals surface area contributed by atoms with Crippen molar-refractivity contribution in [1.82, 2.24) is 4.90 Å². The zero-order valence-electron chi connectivity index (χ0n) is 17.7. The van der Waals surface area contributed by atoms with Crippen molar-refractivity contribution in [2.75, 3.05) is 12.9 Å². The number of hydrogen-bond acceptors (Lipinski definition) is 7. The van der Waals surface area contributed by atoms with Gasteiger partial charge < -0.3 is 14.6 Å². The lowest BCUT2D eigenvalue weighted by atomic mass is 10.00. The van der Waals surface area contributed by atoms with E-state index in [2.05, 4.69) is 6.58 Å². The summed E-state index contributed by atoms with van der Waals surface area (Å²) in [5, 5.41) is 8.44. The highest BCUT2D eigenvalue weighted by molar-refractivity contribution is 8.16. The zero-order valence-corrected chi connectivity index (χ0v) is 19.4. The van der Waals surface area contributed by atoms with Crippen LogP contribution in [0.2, 0.25) is 0 Å². The molecule has 0 bridgehead atoms. The normalized spacial score (nSPS) is 17.9. The summed E-state index contributed by atoms with van der Waals surface area (Å²) in [6.45, 7) is 8.58. The number of amides is 1. The van der Waals surface area contributed by atoms with Crippen molar-refractivity contribution in [2.45, 2.75) is 32.6 Å². The van der Waals surface area contributed by atoms with Gasteiger partial charge in [0.25, 0.3) is 0 Å². The lowest BCUT2D eigenvalue weighted by molar-refractivity contribution is -0.146. The van der Waals surface area contributed by atoms with E-state index in [0.717, 1.165) is 4.90 Å². The molecular formula is C21H25NO7S2. The molecule has 1 aliphatic rings. The lowest BCUT2D eigenvalue weighted by Gasteiger charge is -2.39. The maximum absolute atomic E-state index is 12.7. The number of benzene rings is 1. The molecule has 168 valence electrons. The standard InChI is InChI=1S/C21H25NO7S2/c1-6-11-31(27)16-12-15(23)22(16)17(18(24)25)19(30-20(26)21(2,3)4)29-14-9-7-13(28-5)8-10-14/h6-10,16H,1,11-12H2,2-5H3,(H,24,25). The van der Waals surface area contributed by atoms with Crippen molar-refractivity contribution >= 4 is 39.6 Å². The highest BCUT2D eigenvalue weighted by Gasteiger charge is 2.46. The summed E-state index contributed by atoms with van der Waals surface area (Å²) in [4.78, 5) is 38.1. The van der Waals surface area contributed by atoms with Crippen molar-refractivity contribution < 1.29 is 33.2 Å². The van der Waals surface area contributed by atoms with Gasteiger partial charge in [-0.1, -0.05) is 26.8 Å². The molecule has 1 heterocycles. The molecule has 10 heteroatoms. The first-order valence-electron chi connectivity index (χ1n) is 9.31. The molecule has 8 nitrogen and oxygen atoms in total. The molecule has 0 spiro atoms. The lowest BCUT2D eigenvalue weighted by Crippen LogP contribution is -2.56. The molecule has 2 atom stereocenters. The van der Waals surface area contributed by atoms with Gasteiger partial charge in [0.1, 0.15) is 16.9 Å². The van der Waals surface area contributed by atoms with Crippen LogP contribution in [0.1, 0.15) is 27.2 Å². The third-order valence-corrected chi connectivity index (χ3v) is 7.00. The van der Waals surface area contributed by atoms with Gasteiger partial charge in [0.2, 0.25) is 11.0 Å². The number of nitrogens with zero attached hydrogens (tertiary/aromatic N) is 1. The summed E-state index contributed by atoms with van der Waals surface area (Å²) in [5.41, 5.74) is -1.32. The maximum Gasteiger partial charge on any atom is 0.357 e. The number of carboxylic acid groups (broad SMARTS) is 1. The highest BCUT2D eigenvalue weighted by atomic mass is 32.2. The number of thioether (sulfide) groups is 1. The van der Waals surface area contributed by atoms with Crippen LogP contribution in [-0.4, -0.2) is 49.4 Å². The average molecular weight is 468 g/mol. The number of methoxy groups -OCH3 is 1. The Morgan fingerprint density at radius 1 is 1.29 bits per heavy atom. The van der Waals surface area contributed by atoms with Crippen molar-refractivity contribution in [3.63, 3.8) is 0 Å². The van der Waals surface area contributed by atoms with Crippen LogP contribution in [-0.2, 0) is 25.2 Å². The van der Waals surface area contributed by atoms with Crippen LogP contribution in [0.4, 0.5) is 0 Å². The molecule has 0 saturated carbocycles. The highest BCUT2D eigenvalue weighted by Crippen LogP contribution is 2.37. The van der Waals surface area contributed by atoms with Gasteiger partial charge in [0.05, 0.1) is 13.5 Å². The van der Waals surface area contributed by atoms with Crippen LogP contribution in [0.15, 0.2) is 47.7 Å². The Kier molecular flexibility index (Phi) is 8.08. The van der Waals surface area contributed by atoms with Crippen LogP contribution in [0.5, 0.6) is 11.5 Å². The molecule has 0 aromatic heterocycles. The van der Waals surface area contributed by atoms with E-state index in [0.29, 0.717) is 17.5 Å². The largest absolute Gasteiger partial charge is 0.497 e. The molecule has 0 aliphatic carbocycles. The van der Waals surface area contributed by atoms with E-state index < -0.39 is 39.2 Å². The maximum atomic E-state index is 12.7. The Balaban J connectivity index is 2.54. The molecule has 1 aromatic carbocycles. The first kappa shape index (κ1) is 24.7. The van der Waals surface area contributed by atoms with Gasteiger partial charge in [-0.25, -0.2) is 4.79 Å². The molecule has 1 amide bonds. The third kappa shape index (κ3) is 5.98. The summed E-state index contributed by atoms with van der Waals surface area (Å²) in [6, 6.07) is 6.32. The molecule has 1 N–H and O–H groups in total. The average Bonchev–Trinajstić information content (AvgIpc) is 2.69. The SMILES string of the molecule is C=CCS(=O)C1CC(=O)N1C(C(=O)O)=C(Oc1ccc(OC)cc1)SC(=O)C(C)(C)C. The molecule has 0 radical (unpaired) electrons. The molecule has 1 saturated heterocycles. The smallest absolute Gasteiger partial charge is 0.357 e. The number of rotatable bonds is 9. The van der Waals surface area contributed by atoms with E-state index in [1.807, 2.05) is 0 Å². The van der Waals surface area contributed by atoms with Crippen molar-refractivity contribution in [3.05, 3.63) is 47.7 Å². The van der Waals surface area contributed by atoms with Crippen LogP contribution >= 0.6 is 11.8 Å². The van der Waals surface area contributed by atoms with E-state index in [-0.39, 0.29) is 28.1 Å². The molecule has 31 heavy (non-hydrogen) atoms. The number of likely N-dealkylation sites (tertiary alicyclic amines) is 1. The van der Waals surface area contributed by atoms with Crippen LogP contribution in [0, 0.1) is 5.41 Å². The molecule has 2 unspecified atom stereocenters. The Labute approximate surface area is 187 Å². The predicted molar refractivity (Wildman–Crippen MR) is 119 cm³/mol. The second-order valence-electron chi connectivity index (χ2n) is 7.62. The molecular weight excluding hydrogens is 442 g/mol. The van der Waals surface area contributed by atoms with Gasteiger partial charge in [-0.15, -0.1) is 6.58 Å². The van der Waals surface area contributed by atoms with Crippen LogP contribution in [0.3, 0.4) is 0 Å². The monoisotopic (exact) mass is 467 g/mol. The number of aliphatic carboxylic acids is 1. The van der Waals surface area contributed by atoms with Crippen molar-refractivity contribution in [2.24, 2.45) is 5.41 Å². The minimum absolute atomic E-state index is 0.0646. The number of carbonyl (C=O) groups is 3. The topological polar surface area (TPSA) is 110 Å². The fourth-order valence-corrected chi connectivity index (χ4v) is 4.62. The van der Waals surface area contributed by atoms with Gasteiger partial charge in [-0.3, -0.25) is 18.7 Å². The number of carbonyl (C=O) groups excluding carboxylic acids is 2. The summed E-state index contributed by atoms with van der Waals surface area (Å²) in [6.07, 6.45) is 1.37. The predicted octanol–water partition coefficient (Wildman–Crippen LogP) is 3.13.